The number of benzene rings is 2. The van der Waals surface area contributed by atoms with Gasteiger partial charge in [0.05, 0.1) is 17.8 Å². The summed E-state index contributed by atoms with van der Waals surface area (Å²) in [6.07, 6.45) is 0.948. The van der Waals surface area contributed by atoms with Crippen molar-refractivity contribution in [3.63, 3.8) is 0 Å². The van der Waals surface area contributed by atoms with E-state index in [2.05, 4.69) is 6.92 Å². The zero-order valence-corrected chi connectivity index (χ0v) is 11.6. The van der Waals surface area contributed by atoms with Gasteiger partial charge in [-0.15, -0.1) is 0 Å². The van der Waals surface area contributed by atoms with E-state index in [9.17, 15) is 14.0 Å². The van der Waals surface area contributed by atoms with Crippen molar-refractivity contribution in [2.24, 2.45) is 0 Å². The molecule has 1 heterocycles. The predicted molar refractivity (Wildman–Crippen MR) is 77.7 cm³/mol. The molecule has 0 aliphatic carbocycles. The third kappa shape index (κ3) is 2.33. The molecular formula is C17H14FNO2. The second-order valence-electron chi connectivity index (χ2n) is 5.05. The van der Waals surface area contributed by atoms with Gasteiger partial charge in [-0.25, -0.2) is 4.39 Å². The minimum atomic E-state index is -0.644. The Labute approximate surface area is 122 Å². The summed E-state index contributed by atoms with van der Waals surface area (Å²) in [7, 11) is 0. The highest BCUT2D eigenvalue weighted by atomic mass is 19.1. The number of halogens is 1. The molecular weight excluding hydrogens is 269 g/mol. The summed E-state index contributed by atoms with van der Waals surface area (Å²) >= 11 is 0. The van der Waals surface area contributed by atoms with Crippen LogP contribution in [0.4, 0.5) is 10.1 Å². The SMILES string of the molecule is CCc1ccc(CN2C(=O)C(=O)c3cc(F)ccc32)cc1. The van der Waals surface area contributed by atoms with Crippen molar-refractivity contribution in [1.82, 2.24) is 0 Å². The Morgan fingerprint density at radius 3 is 2.33 bits per heavy atom. The highest BCUT2D eigenvalue weighted by Gasteiger charge is 2.35. The van der Waals surface area contributed by atoms with Gasteiger partial charge in [-0.3, -0.25) is 9.59 Å². The third-order valence-electron chi connectivity index (χ3n) is 3.71. The fraction of sp³-hybridized carbons (Fsp3) is 0.176. The minimum Gasteiger partial charge on any atom is -0.300 e. The third-order valence-corrected chi connectivity index (χ3v) is 3.71. The average molecular weight is 283 g/mol. The van der Waals surface area contributed by atoms with Crippen molar-refractivity contribution in [2.75, 3.05) is 4.90 Å². The van der Waals surface area contributed by atoms with E-state index in [4.69, 9.17) is 0 Å². The van der Waals surface area contributed by atoms with Gasteiger partial charge in [0.2, 0.25) is 0 Å². The number of nitrogens with zero attached hydrogens (tertiary/aromatic N) is 1. The summed E-state index contributed by atoms with van der Waals surface area (Å²) < 4.78 is 13.2. The van der Waals surface area contributed by atoms with Gasteiger partial charge in [-0.1, -0.05) is 31.2 Å². The Morgan fingerprint density at radius 1 is 1.00 bits per heavy atom. The van der Waals surface area contributed by atoms with Crippen LogP contribution in [0, 0.1) is 5.82 Å². The number of Topliss-reactive ketones (excluding diaryl/α,β-unsaturated/α-hetero) is 1. The molecule has 0 saturated carbocycles. The maximum absolute atomic E-state index is 13.2. The van der Waals surface area contributed by atoms with E-state index < -0.39 is 17.5 Å². The lowest BCUT2D eigenvalue weighted by Gasteiger charge is -2.16. The summed E-state index contributed by atoms with van der Waals surface area (Å²) in [5, 5.41) is 0. The Morgan fingerprint density at radius 2 is 1.67 bits per heavy atom. The van der Waals surface area contributed by atoms with Crippen LogP contribution in [-0.4, -0.2) is 11.7 Å². The van der Waals surface area contributed by atoms with E-state index in [1.807, 2.05) is 24.3 Å². The predicted octanol–water partition coefficient (Wildman–Crippen LogP) is 3.12. The molecule has 3 nitrogen and oxygen atoms in total. The molecule has 0 unspecified atom stereocenters. The molecule has 106 valence electrons. The number of carbonyl (C=O) groups excluding carboxylic acids is 2. The minimum absolute atomic E-state index is 0.144. The lowest BCUT2D eigenvalue weighted by Crippen LogP contribution is -2.29. The Bertz CT molecular complexity index is 722. The average Bonchev–Trinajstić information content (AvgIpc) is 2.73. The molecule has 4 heteroatoms. The van der Waals surface area contributed by atoms with Crippen LogP contribution >= 0.6 is 0 Å². The van der Waals surface area contributed by atoms with E-state index in [0.29, 0.717) is 12.2 Å². The molecule has 0 bridgehead atoms. The van der Waals surface area contributed by atoms with Crippen molar-refractivity contribution in [1.29, 1.82) is 0 Å². The lowest BCUT2D eigenvalue weighted by atomic mass is 10.1. The molecule has 2 aromatic rings. The molecule has 1 aliphatic rings. The van der Waals surface area contributed by atoms with Gasteiger partial charge in [0.15, 0.2) is 0 Å². The molecule has 1 aliphatic heterocycles. The van der Waals surface area contributed by atoms with Gasteiger partial charge in [0.1, 0.15) is 5.82 Å². The van der Waals surface area contributed by atoms with E-state index in [1.165, 1.54) is 22.6 Å². The monoisotopic (exact) mass is 283 g/mol. The fourth-order valence-electron chi connectivity index (χ4n) is 2.49. The van der Waals surface area contributed by atoms with E-state index in [0.717, 1.165) is 18.1 Å². The number of rotatable bonds is 3. The molecule has 0 fully saturated rings. The molecule has 0 atom stereocenters. The van der Waals surface area contributed by atoms with Gasteiger partial charge in [-0.2, -0.15) is 0 Å². The lowest BCUT2D eigenvalue weighted by molar-refractivity contribution is -0.114. The van der Waals surface area contributed by atoms with Crippen LogP contribution in [0.25, 0.3) is 0 Å². The van der Waals surface area contributed by atoms with E-state index in [1.54, 1.807) is 0 Å². The van der Waals surface area contributed by atoms with Crippen LogP contribution in [0.3, 0.4) is 0 Å². The van der Waals surface area contributed by atoms with Crippen molar-refractivity contribution < 1.29 is 14.0 Å². The molecule has 1 amide bonds. The number of hydrogen-bond donors (Lipinski definition) is 0. The molecule has 21 heavy (non-hydrogen) atoms. The van der Waals surface area contributed by atoms with Crippen molar-refractivity contribution in [3.05, 3.63) is 65.0 Å². The Balaban J connectivity index is 1.92. The first-order valence-electron chi connectivity index (χ1n) is 6.83. The molecule has 0 N–H and O–H groups in total. The zero-order valence-electron chi connectivity index (χ0n) is 11.6. The molecule has 3 rings (SSSR count). The van der Waals surface area contributed by atoms with Crippen LogP contribution in [-0.2, 0) is 17.8 Å². The number of amides is 1. The molecule has 0 radical (unpaired) electrons. The largest absolute Gasteiger partial charge is 0.300 e. The standard InChI is InChI=1S/C17H14FNO2/c1-2-11-3-5-12(6-4-11)10-19-15-8-7-13(18)9-14(15)16(20)17(19)21/h3-9H,2,10H2,1H3. The highest BCUT2D eigenvalue weighted by Crippen LogP contribution is 2.30. The first kappa shape index (κ1) is 13.5. The second-order valence-corrected chi connectivity index (χ2v) is 5.05. The smallest absolute Gasteiger partial charge is 0.299 e. The molecule has 0 aromatic heterocycles. The summed E-state index contributed by atoms with van der Waals surface area (Å²) in [4.78, 5) is 25.3. The van der Waals surface area contributed by atoms with Crippen LogP contribution in [0.15, 0.2) is 42.5 Å². The second kappa shape index (κ2) is 5.13. The van der Waals surface area contributed by atoms with Gasteiger partial charge in [-0.05, 0) is 35.7 Å². The van der Waals surface area contributed by atoms with Gasteiger partial charge >= 0.3 is 0 Å². The van der Waals surface area contributed by atoms with E-state index >= 15 is 0 Å². The quantitative estimate of drug-likeness (QED) is 0.812. The van der Waals surface area contributed by atoms with Gasteiger partial charge in [0, 0.05) is 0 Å². The number of anilines is 1. The number of carbonyl (C=O) groups is 2. The summed E-state index contributed by atoms with van der Waals surface area (Å²) in [6.45, 7) is 2.38. The summed E-state index contributed by atoms with van der Waals surface area (Å²) in [6, 6.07) is 11.8. The first-order chi connectivity index (χ1) is 10.1. The van der Waals surface area contributed by atoms with E-state index in [-0.39, 0.29) is 5.56 Å². The van der Waals surface area contributed by atoms with Gasteiger partial charge in [0.25, 0.3) is 11.7 Å². The highest BCUT2D eigenvalue weighted by molar-refractivity contribution is 6.52. The number of aryl methyl sites for hydroxylation is 1. The molecule has 0 spiro atoms. The number of hydrogen-bond acceptors (Lipinski definition) is 2. The topological polar surface area (TPSA) is 37.4 Å². The summed E-state index contributed by atoms with van der Waals surface area (Å²) in [5.41, 5.74) is 2.77. The zero-order chi connectivity index (χ0) is 15.0. The fourth-order valence-corrected chi connectivity index (χ4v) is 2.49. The van der Waals surface area contributed by atoms with Crippen LogP contribution < -0.4 is 4.90 Å². The normalized spacial score (nSPS) is 13.7. The van der Waals surface area contributed by atoms with Crippen molar-refractivity contribution in [3.8, 4) is 0 Å². The Hall–Kier alpha value is -2.49. The first-order valence-corrected chi connectivity index (χ1v) is 6.83. The Kier molecular flexibility index (Phi) is 3.29. The summed E-state index contributed by atoms with van der Waals surface area (Å²) in [5.74, 6) is -1.76. The maximum Gasteiger partial charge on any atom is 0.299 e. The van der Waals surface area contributed by atoms with Crippen molar-refractivity contribution in [2.45, 2.75) is 19.9 Å². The maximum atomic E-state index is 13.2. The molecule has 2 aromatic carbocycles. The van der Waals surface area contributed by atoms with Crippen LogP contribution in [0.5, 0.6) is 0 Å². The number of fused-ring (bicyclic) bond motifs is 1. The number of ketones is 1. The van der Waals surface area contributed by atoms with Crippen molar-refractivity contribution >= 4 is 17.4 Å². The molecule has 0 saturated heterocycles. The van der Waals surface area contributed by atoms with Crippen LogP contribution in [0.1, 0.15) is 28.4 Å². The van der Waals surface area contributed by atoms with Gasteiger partial charge < -0.3 is 4.90 Å². The van der Waals surface area contributed by atoms with Crippen LogP contribution in [0.2, 0.25) is 0 Å².